The zero-order chi connectivity index (χ0) is 16.2. The molecule has 0 unspecified atom stereocenters. The van der Waals surface area contributed by atoms with Crippen LogP contribution >= 0.6 is 0 Å². The molecule has 0 bridgehead atoms. The van der Waals surface area contributed by atoms with Crippen molar-refractivity contribution < 1.29 is 18.7 Å². The molecule has 7 nitrogen and oxygen atoms in total. The number of hydrogen-bond donors (Lipinski definition) is 2. The Bertz CT molecular complexity index is 538. The third-order valence-corrected chi connectivity index (χ3v) is 4.46. The van der Waals surface area contributed by atoms with Gasteiger partial charge in [-0.25, -0.2) is 0 Å². The van der Waals surface area contributed by atoms with Gasteiger partial charge in [0, 0.05) is 25.7 Å². The highest BCUT2D eigenvalue weighted by Gasteiger charge is 2.31. The number of hydrogen-bond acceptors (Lipinski definition) is 5. The van der Waals surface area contributed by atoms with Crippen molar-refractivity contribution in [3.63, 3.8) is 0 Å². The summed E-state index contributed by atoms with van der Waals surface area (Å²) in [6.45, 7) is 4.47. The molecule has 2 N–H and O–H groups in total. The van der Waals surface area contributed by atoms with Gasteiger partial charge in [-0.1, -0.05) is 0 Å². The fraction of sp³-hybridized carbons (Fsp3) is 0.625. The maximum absolute atomic E-state index is 12.3. The molecule has 0 spiro atoms. The molecule has 1 aromatic rings. The number of carbonyl (C=O) groups excluding carboxylic acids is 2. The average molecular weight is 321 g/mol. The van der Waals surface area contributed by atoms with E-state index in [2.05, 4.69) is 10.6 Å². The fourth-order valence-electron chi connectivity index (χ4n) is 3.10. The second-order valence-corrected chi connectivity index (χ2v) is 6.06. The Morgan fingerprint density at radius 1 is 1.35 bits per heavy atom. The van der Waals surface area contributed by atoms with E-state index in [4.69, 9.17) is 9.15 Å². The number of carbonyl (C=O) groups is 2. The molecule has 2 aliphatic heterocycles. The van der Waals surface area contributed by atoms with Gasteiger partial charge in [-0.15, -0.1) is 0 Å². The number of morpholine rings is 1. The van der Waals surface area contributed by atoms with Crippen LogP contribution in [0.4, 0.5) is 0 Å². The van der Waals surface area contributed by atoms with E-state index in [0.717, 1.165) is 12.8 Å². The summed E-state index contributed by atoms with van der Waals surface area (Å²) in [5, 5.41) is 6.26. The third kappa shape index (κ3) is 3.73. The number of furan rings is 1. The number of piperidine rings is 1. The van der Waals surface area contributed by atoms with E-state index in [0.29, 0.717) is 32.0 Å². The normalized spacial score (nSPS) is 26.0. The Hall–Kier alpha value is -1.86. The first-order valence-corrected chi connectivity index (χ1v) is 8.13. The summed E-state index contributed by atoms with van der Waals surface area (Å²) in [7, 11) is 0. The summed E-state index contributed by atoms with van der Waals surface area (Å²) in [5.41, 5.74) is 0. The van der Waals surface area contributed by atoms with Crippen LogP contribution in [0, 0.1) is 0 Å². The summed E-state index contributed by atoms with van der Waals surface area (Å²) in [4.78, 5) is 26.3. The molecular formula is C16H23N3O4. The molecule has 7 heteroatoms. The summed E-state index contributed by atoms with van der Waals surface area (Å²) in [6, 6.07) is 3.18. The quantitative estimate of drug-likeness (QED) is 0.841. The van der Waals surface area contributed by atoms with Crippen molar-refractivity contribution in [2.24, 2.45) is 0 Å². The maximum Gasteiger partial charge on any atom is 0.289 e. The lowest BCUT2D eigenvalue weighted by atomic mass is 10.0. The number of amides is 2. The van der Waals surface area contributed by atoms with E-state index >= 15 is 0 Å². The molecule has 0 aromatic carbocycles. The van der Waals surface area contributed by atoms with E-state index in [1.165, 1.54) is 6.26 Å². The second-order valence-electron chi connectivity index (χ2n) is 6.06. The predicted molar refractivity (Wildman–Crippen MR) is 83.0 cm³/mol. The van der Waals surface area contributed by atoms with Crippen molar-refractivity contribution in [2.75, 3.05) is 26.2 Å². The molecule has 3 heterocycles. The highest BCUT2D eigenvalue weighted by atomic mass is 16.5. The lowest BCUT2D eigenvalue weighted by Crippen LogP contribution is -2.58. The molecule has 1 aromatic heterocycles. The van der Waals surface area contributed by atoms with Gasteiger partial charge >= 0.3 is 0 Å². The van der Waals surface area contributed by atoms with Gasteiger partial charge < -0.3 is 24.7 Å². The van der Waals surface area contributed by atoms with Gasteiger partial charge in [0.25, 0.3) is 5.91 Å². The van der Waals surface area contributed by atoms with E-state index in [9.17, 15) is 9.59 Å². The zero-order valence-electron chi connectivity index (χ0n) is 13.3. The van der Waals surface area contributed by atoms with Crippen molar-refractivity contribution in [2.45, 2.75) is 38.0 Å². The number of nitrogens with one attached hydrogen (secondary N) is 2. The first-order valence-electron chi connectivity index (χ1n) is 8.13. The molecule has 2 aliphatic rings. The monoisotopic (exact) mass is 321 g/mol. The van der Waals surface area contributed by atoms with Gasteiger partial charge in [-0.05, 0) is 31.9 Å². The number of nitrogens with zero attached hydrogens (tertiary/aromatic N) is 1. The molecule has 2 saturated heterocycles. The Morgan fingerprint density at radius 2 is 2.13 bits per heavy atom. The average Bonchev–Trinajstić information content (AvgIpc) is 3.09. The van der Waals surface area contributed by atoms with Gasteiger partial charge in [0.05, 0.1) is 19.0 Å². The molecule has 3 rings (SSSR count). The summed E-state index contributed by atoms with van der Waals surface area (Å²) < 4.78 is 10.7. The second kappa shape index (κ2) is 7.14. The number of rotatable bonds is 3. The van der Waals surface area contributed by atoms with Gasteiger partial charge in [-0.2, -0.15) is 0 Å². The van der Waals surface area contributed by atoms with Crippen LogP contribution < -0.4 is 10.6 Å². The van der Waals surface area contributed by atoms with Crippen LogP contribution in [0.25, 0.3) is 0 Å². The Balaban J connectivity index is 1.47. The van der Waals surface area contributed by atoms with Crippen molar-refractivity contribution in [1.29, 1.82) is 0 Å². The van der Waals surface area contributed by atoms with Crippen molar-refractivity contribution in [3.05, 3.63) is 24.2 Å². The van der Waals surface area contributed by atoms with Crippen LogP contribution in [0.2, 0.25) is 0 Å². The molecule has 0 radical (unpaired) electrons. The van der Waals surface area contributed by atoms with Gasteiger partial charge in [0.15, 0.2) is 5.76 Å². The smallest absolute Gasteiger partial charge is 0.289 e. The van der Waals surface area contributed by atoms with Gasteiger partial charge in [0.2, 0.25) is 5.91 Å². The highest BCUT2D eigenvalue weighted by Crippen LogP contribution is 2.15. The van der Waals surface area contributed by atoms with Crippen LogP contribution in [0.5, 0.6) is 0 Å². The SMILES string of the molecule is C[C@H]1OCCN[C@@H]1C(=O)NC1CCN(C(=O)c2ccco2)CC1. The fourth-order valence-corrected chi connectivity index (χ4v) is 3.10. The van der Waals surface area contributed by atoms with E-state index < -0.39 is 0 Å². The van der Waals surface area contributed by atoms with Crippen molar-refractivity contribution in [3.8, 4) is 0 Å². The number of likely N-dealkylation sites (tertiary alicyclic amines) is 1. The van der Waals surface area contributed by atoms with E-state index in [1.807, 2.05) is 6.92 Å². The minimum Gasteiger partial charge on any atom is -0.459 e. The zero-order valence-corrected chi connectivity index (χ0v) is 13.3. The molecule has 23 heavy (non-hydrogen) atoms. The standard InChI is InChI=1S/C16H23N3O4/c1-11-14(17-6-10-22-11)15(20)18-12-4-7-19(8-5-12)16(21)13-3-2-9-23-13/h2-3,9,11-12,14,17H,4-8,10H2,1H3,(H,18,20)/t11-,14+/m1/s1. The third-order valence-electron chi connectivity index (χ3n) is 4.46. The molecule has 0 saturated carbocycles. The number of ether oxygens (including phenoxy) is 1. The minimum absolute atomic E-state index is 0.0204. The van der Waals surface area contributed by atoms with Gasteiger partial charge in [-0.3, -0.25) is 9.59 Å². The lowest BCUT2D eigenvalue weighted by Gasteiger charge is -2.34. The molecule has 126 valence electrons. The molecular weight excluding hydrogens is 298 g/mol. The van der Waals surface area contributed by atoms with Crippen LogP contribution in [-0.4, -0.2) is 61.1 Å². The van der Waals surface area contributed by atoms with Crippen LogP contribution in [0.15, 0.2) is 22.8 Å². The predicted octanol–water partition coefficient (Wildman–Crippen LogP) is 0.377. The first kappa shape index (κ1) is 16.0. The summed E-state index contributed by atoms with van der Waals surface area (Å²) >= 11 is 0. The lowest BCUT2D eigenvalue weighted by molar-refractivity contribution is -0.129. The molecule has 2 atom stereocenters. The summed E-state index contributed by atoms with van der Waals surface area (Å²) in [6.07, 6.45) is 2.88. The van der Waals surface area contributed by atoms with E-state index in [1.54, 1.807) is 17.0 Å². The maximum atomic E-state index is 12.3. The first-order chi connectivity index (χ1) is 11.1. The largest absolute Gasteiger partial charge is 0.459 e. The summed E-state index contributed by atoms with van der Waals surface area (Å²) in [5.74, 6) is 0.258. The molecule has 2 amide bonds. The Kier molecular flexibility index (Phi) is 4.97. The Morgan fingerprint density at radius 3 is 2.78 bits per heavy atom. The molecule has 0 aliphatic carbocycles. The topological polar surface area (TPSA) is 83.8 Å². The van der Waals surface area contributed by atoms with E-state index in [-0.39, 0.29) is 30.0 Å². The Labute approximate surface area is 135 Å². The van der Waals surface area contributed by atoms with Gasteiger partial charge in [0.1, 0.15) is 6.04 Å². The highest BCUT2D eigenvalue weighted by molar-refractivity contribution is 5.91. The van der Waals surface area contributed by atoms with Crippen molar-refractivity contribution in [1.82, 2.24) is 15.5 Å². The van der Waals surface area contributed by atoms with Crippen LogP contribution in [0.1, 0.15) is 30.3 Å². The van der Waals surface area contributed by atoms with Crippen LogP contribution in [0.3, 0.4) is 0 Å². The minimum atomic E-state index is -0.300. The van der Waals surface area contributed by atoms with Crippen molar-refractivity contribution >= 4 is 11.8 Å². The molecule has 2 fully saturated rings. The van der Waals surface area contributed by atoms with Crippen LogP contribution in [-0.2, 0) is 9.53 Å².